The summed E-state index contributed by atoms with van der Waals surface area (Å²) in [7, 11) is 0. The number of carboxylic acids is 1. The zero-order chi connectivity index (χ0) is 25.8. The van der Waals surface area contributed by atoms with E-state index in [9.17, 15) is 32.3 Å². The summed E-state index contributed by atoms with van der Waals surface area (Å²) in [5.41, 5.74) is 1.25. The van der Waals surface area contributed by atoms with Crippen LogP contribution in [-0.4, -0.2) is 29.2 Å². The van der Waals surface area contributed by atoms with Crippen LogP contribution in [0.5, 0.6) is 0 Å². The van der Waals surface area contributed by atoms with E-state index in [2.05, 4.69) is 5.32 Å². The van der Waals surface area contributed by atoms with E-state index in [0.29, 0.717) is 17.2 Å². The number of carbonyl (C=O) groups excluding carboxylic acids is 1. The summed E-state index contributed by atoms with van der Waals surface area (Å²) >= 11 is 1.47. The Kier molecular flexibility index (Phi) is 8.29. The lowest BCUT2D eigenvalue weighted by Crippen LogP contribution is -2.29. The molecule has 1 amide bonds. The molecule has 1 heterocycles. The Morgan fingerprint density at radius 3 is 2.43 bits per heavy atom. The molecule has 0 aliphatic heterocycles. The van der Waals surface area contributed by atoms with E-state index in [1.54, 1.807) is 32.0 Å². The van der Waals surface area contributed by atoms with E-state index in [1.165, 1.54) is 11.3 Å². The minimum Gasteiger partial charge on any atom is -0.479 e. The topological polar surface area (TPSA) is 75.6 Å². The van der Waals surface area contributed by atoms with Crippen LogP contribution in [0, 0.1) is 5.82 Å². The summed E-state index contributed by atoms with van der Waals surface area (Å²) in [5, 5.41) is 15.8. The van der Waals surface area contributed by atoms with Crippen molar-refractivity contribution in [3.63, 3.8) is 0 Å². The van der Waals surface area contributed by atoms with Crippen LogP contribution < -0.4 is 5.32 Å². The van der Waals surface area contributed by atoms with E-state index in [4.69, 9.17) is 4.74 Å². The molecular formula is C25H23F4NO4S. The van der Waals surface area contributed by atoms with Crippen molar-refractivity contribution in [2.24, 2.45) is 0 Å². The largest absolute Gasteiger partial charge is 0.479 e. The molecular weight excluding hydrogens is 486 g/mol. The van der Waals surface area contributed by atoms with E-state index in [-0.39, 0.29) is 25.1 Å². The van der Waals surface area contributed by atoms with Gasteiger partial charge in [0.2, 0.25) is 0 Å². The molecule has 0 saturated carbocycles. The molecule has 10 heteroatoms. The van der Waals surface area contributed by atoms with Crippen molar-refractivity contribution in [1.29, 1.82) is 0 Å². The Hall–Kier alpha value is -3.24. The van der Waals surface area contributed by atoms with Crippen molar-refractivity contribution in [2.75, 3.05) is 0 Å². The summed E-state index contributed by atoms with van der Waals surface area (Å²) < 4.78 is 58.0. The zero-order valence-electron chi connectivity index (χ0n) is 18.9. The van der Waals surface area contributed by atoms with Gasteiger partial charge in [-0.1, -0.05) is 18.2 Å². The van der Waals surface area contributed by atoms with Crippen LogP contribution in [0.1, 0.15) is 40.9 Å². The number of carbonyl (C=O) groups is 2. The first-order valence-electron chi connectivity index (χ1n) is 10.6. The number of aliphatic carboxylic acids is 1. The number of carboxylic acid groups (broad SMARTS) is 1. The first-order valence-corrected chi connectivity index (χ1v) is 11.6. The maximum absolute atomic E-state index is 14.2. The molecule has 1 unspecified atom stereocenters. The molecule has 0 radical (unpaired) electrons. The number of amides is 1. The molecule has 5 nitrogen and oxygen atoms in total. The van der Waals surface area contributed by atoms with Crippen molar-refractivity contribution >= 4 is 23.2 Å². The third kappa shape index (κ3) is 6.89. The van der Waals surface area contributed by atoms with E-state index in [0.717, 1.165) is 17.2 Å². The molecule has 186 valence electrons. The highest BCUT2D eigenvalue weighted by Gasteiger charge is 2.31. The Bertz CT molecular complexity index is 1190. The molecule has 1 aromatic heterocycles. The average Bonchev–Trinajstić information content (AvgIpc) is 3.30. The van der Waals surface area contributed by atoms with E-state index < -0.39 is 41.1 Å². The minimum absolute atomic E-state index is 0.0545. The van der Waals surface area contributed by atoms with Gasteiger partial charge in [-0.2, -0.15) is 24.5 Å². The number of nitrogens with one attached hydrogen (secondary N) is 1. The molecule has 3 rings (SSSR count). The van der Waals surface area contributed by atoms with Gasteiger partial charge in [-0.25, -0.2) is 9.18 Å². The minimum atomic E-state index is -4.72. The second-order valence-corrected chi connectivity index (χ2v) is 8.87. The first kappa shape index (κ1) is 26.4. The van der Waals surface area contributed by atoms with Gasteiger partial charge >= 0.3 is 12.1 Å². The lowest BCUT2D eigenvalue weighted by atomic mass is 9.96. The van der Waals surface area contributed by atoms with E-state index >= 15 is 0 Å². The highest BCUT2D eigenvalue weighted by molar-refractivity contribution is 7.08. The van der Waals surface area contributed by atoms with Gasteiger partial charge in [0.05, 0.1) is 17.2 Å². The number of halogens is 4. The van der Waals surface area contributed by atoms with Crippen LogP contribution in [-0.2, 0) is 28.7 Å². The maximum atomic E-state index is 14.2. The van der Waals surface area contributed by atoms with Gasteiger partial charge in [0.1, 0.15) is 5.82 Å². The number of hydrogen-bond acceptors (Lipinski definition) is 4. The van der Waals surface area contributed by atoms with Gasteiger partial charge in [0.25, 0.3) is 5.91 Å². The molecule has 1 atom stereocenters. The van der Waals surface area contributed by atoms with Gasteiger partial charge < -0.3 is 15.2 Å². The second kappa shape index (κ2) is 11.0. The number of rotatable bonds is 9. The van der Waals surface area contributed by atoms with Gasteiger partial charge in [-0.05, 0) is 71.1 Å². The molecule has 0 aliphatic carbocycles. The van der Waals surface area contributed by atoms with Crippen molar-refractivity contribution < 1.29 is 37.0 Å². The second-order valence-electron chi connectivity index (χ2n) is 8.09. The van der Waals surface area contributed by atoms with Crippen LogP contribution in [0.2, 0.25) is 0 Å². The monoisotopic (exact) mass is 509 g/mol. The maximum Gasteiger partial charge on any atom is 0.416 e. The molecule has 2 N–H and O–H groups in total. The van der Waals surface area contributed by atoms with E-state index in [1.807, 2.05) is 16.8 Å². The van der Waals surface area contributed by atoms with Crippen LogP contribution >= 0.6 is 11.3 Å². The zero-order valence-corrected chi connectivity index (χ0v) is 19.7. The Morgan fingerprint density at radius 2 is 1.86 bits per heavy atom. The van der Waals surface area contributed by atoms with Crippen molar-refractivity contribution in [3.8, 4) is 11.1 Å². The number of benzene rings is 2. The predicted molar refractivity (Wildman–Crippen MR) is 124 cm³/mol. The number of thiophene rings is 1. The summed E-state index contributed by atoms with van der Waals surface area (Å²) in [6.07, 6.45) is -5.99. The van der Waals surface area contributed by atoms with Crippen LogP contribution in [0.25, 0.3) is 11.1 Å². The standard InChI is InChI=1S/C25H23F4NO4S/c1-14(2)34-22(24(32)33)10-15-3-5-19(16-7-8-35-13-16)17(9-15)12-30-23(31)20-6-4-18(11-21(20)26)25(27,28)29/h3-9,11,13-14,22H,10,12H2,1-2H3,(H,30,31)(H,32,33). The highest BCUT2D eigenvalue weighted by atomic mass is 32.1. The van der Waals surface area contributed by atoms with Gasteiger partial charge in [-0.15, -0.1) is 0 Å². The fourth-order valence-corrected chi connectivity index (χ4v) is 4.16. The molecule has 0 fully saturated rings. The summed E-state index contributed by atoms with van der Waals surface area (Å²) in [5.74, 6) is -3.25. The molecule has 3 aromatic rings. The molecule has 0 spiro atoms. The molecule has 0 saturated heterocycles. The third-order valence-corrected chi connectivity index (χ3v) is 5.80. The molecule has 35 heavy (non-hydrogen) atoms. The lowest BCUT2D eigenvalue weighted by Gasteiger charge is -2.18. The van der Waals surface area contributed by atoms with Crippen molar-refractivity contribution in [2.45, 2.75) is 45.2 Å². The third-order valence-electron chi connectivity index (χ3n) is 5.12. The van der Waals surface area contributed by atoms with Crippen molar-refractivity contribution in [1.82, 2.24) is 5.32 Å². The normalized spacial score (nSPS) is 12.5. The number of hydrogen-bond donors (Lipinski definition) is 2. The smallest absolute Gasteiger partial charge is 0.416 e. The Morgan fingerprint density at radius 1 is 1.11 bits per heavy atom. The van der Waals surface area contributed by atoms with Crippen LogP contribution in [0.4, 0.5) is 17.6 Å². The Labute approximate surface area is 203 Å². The molecule has 0 aliphatic rings. The van der Waals surface area contributed by atoms with Gasteiger partial charge in [-0.3, -0.25) is 4.79 Å². The van der Waals surface area contributed by atoms with Crippen LogP contribution in [0.15, 0.2) is 53.2 Å². The molecule has 0 bridgehead atoms. The fourth-order valence-electron chi connectivity index (χ4n) is 3.50. The lowest BCUT2D eigenvalue weighted by molar-refractivity contribution is -0.153. The quantitative estimate of drug-likeness (QED) is 0.351. The fraction of sp³-hybridized carbons (Fsp3) is 0.280. The predicted octanol–water partition coefficient (Wildman–Crippen LogP) is 5.92. The number of ether oxygens (including phenoxy) is 1. The van der Waals surface area contributed by atoms with Crippen molar-refractivity contribution in [3.05, 3.63) is 81.3 Å². The molecule has 2 aromatic carbocycles. The summed E-state index contributed by atoms with van der Waals surface area (Å²) in [4.78, 5) is 24.1. The van der Waals surface area contributed by atoms with Crippen LogP contribution in [0.3, 0.4) is 0 Å². The number of alkyl halides is 3. The summed E-state index contributed by atoms with van der Waals surface area (Å²) in [6, 6.07) is 8.91. The first-order chi connectivity index (χ1) is 16.5. The highest BCUT2D eigenvalue weighted by Crippen LogP contribution is 2.31. The summed E-state index contributed by atoms with van der Waals surface area (Å²) in [6.45, 7) is 3.41. The van der Waals surface area contributed by atoms with Gasteiger partial charge in [0, 0.05) is 13.0 Å². The average molecular weight is 510 g/mol. The van der Waals surface area contributed by atoms with Gasteiger partial charge in [0.15, 0.2) is 6.10 Å². The SMILES string of the molecule is CC(C)OC(Cc1ccc(-c2ccsc2)c(CNC(=O)c2ccc(C(F)(F)F)cc2F)c1)C(=O)O. The Balaban J connectivity index is 1.84.